The standard InChI is InChI=1S/C13H20N2O2S/c1-4-13(3,12(14)18)15-10(16)8-5-7(2)6-9(8)11(15)17/h7-9H,4-6H2,1-3H3,(H2,14,18). The van der Waals surface area contributed by atoms with E-state index in [1.54, 1.807) is 6.92 Å². The Hall–Kier alpha value is -0.970. The quantitative estimate of drug-likeness (QED) is 0.622. The maximum Gasteiger partial charge on any atom is 0.233 e. The third-order valence-corrected chi connectivity index (χ3v) is 5.03. The summed E-state index contributed by atoms with van der Waals surface area (Å²) >= 11 is 5.06. The molecule has 1 heterocycles. The minimum atomic E-state index is -0.808. The third kappa shape index (κ3) is 1.67. The molecule has 0 radical (unpaired) electrons. The maximum atomic E-state index is 12.4. The number of carbonyl (C=O) groups is 2. The van der Waals surface area contributed by atoms with Gasteiger partial charge in [-0.15, -0.1) is 0 Å². The van der Waals surface area contributed by atoms with Gasteiger partial charge in [-0.25, -0.2) is 0 Å². The zero-order chi connectivity index (χ0) is 13.7. The predicted octanol–water partition coefficient (Wildman–Crippen LogP) is 1.47. The molecular weight excluding hydrogens is 248 g/mol. The highest BCUT2D eigenvalue weighted by molar-refractivity contribution is 7.80. The predicted molar refractivity (Wildman–Crippen MR) is 72.7 cm³/mol. The fourth-order valence-corrected chi connectivity index (χ4v) is 3.44. The second-order valence-electron chi connectivity index (χ2n) is 5.79. The van der Waals surface area contributed by atoms with Gasteiger partial charge in [0.25, 0.3) is 0 Å². The molecule has 3 unspecified atom stereocenters. The van der Waals surface area contributed by atoms with Crippen LogP contribution in [0.15, 0.2) is 0 Å². The van der Waals surface area contributed by atoms with Crippen LogP contribution in [0.3, 0.4) is 0 Å². The highest BCUT2D eigenvalue weighted by Gasteiger charge is 2.56. The normalized spacial score (nSPS) is 34.6. The van der Waals surface area contributed by atoms with Crippen LogP contribution in [0, 0.1) is 17.8 Å². The molecule has 2 N–H and O–H groups in total. The van der Waals surface area contributed by atoms with Gasteiger partial charge in [-0.3, -0.25) is 14.5 Å². The van der Waals surface area contributed by atoms with Crippen LogP contribution >= 0.6 is 12.2 Å². The van der Waals surface area contributed by atoms with Crippen LogP contribution < -0.4 is 5.73 Å². The van der Waals surface area contributed by atoms with E-state index >= 15 is 0 Å². The third-order valence-electron chi connectivity index (χ3n) is 4.59. The van der Waals surface area contributed by atoms with Crippen LogP contribution in [0.4, 0.5) is 0 Å². The molecule has 4 nitrogen and oxygen atoms in total. The fourth-order valence-electron chi connectivity index (χ4n) is 3.21. The number of nitrogens with two attached hydrogens (primary N) is 1. The molecule has 0 spiro atoms. The van der Waals surface area contributed by atoms with E-state index < -0.39 is 5.54 Å². The number of carbonyl (C=O) groups excluding carboxylic acids is 2. The first-order valence-electron chi connectivity index (χ1n) is 6.50. The Labute approximate surface area is 113 Å². The zero-order valence-electron chi connectivity index (χ0n) is 11.1. The Morgan fingerprint density at radius 2 is 1.83 bits per heavy atom. The number of thiocarbonyl (C=S) groups is 1. The molecule has 2 fully saturated rings. The van der Waals surface area contributed by atoms with E-state index in [1.165, 1.54) is 4.90 Å². The van der Waals surface area contributed by atoms with Gasteiger partial charge in [-0.2, -0.15) is 0 Å². The van der Waals surface area contributed by atoms with Gasteiger partial charge in [0.2, 0.25) is 11.8 Å². The van der Waals surface area contributed by atoms with Gasteiger partial charge in [-0.1, -0.05) is 26.1 Å². The molecular formula is C13H20N2O2S. The summed E-state index contributed by atoms with van der Waals surface area (Å²) in [6, 6.07) is 0. The fraction of sp³-hybridized carbons (Fsp3) is 0.769. The largest absolute Gasteiger partial charge is 0.391 e. The molecule has 1 saturated heterocycles. The average molecular weight is 268 g/mol. The lowest BCUT2D eigenvalue weighted by Gasteiger charge is -2.36. The summed E-state index contributed by atoms with van der Waals surface area (Å²) < 4.78 is 0. The Morgan fingerprint density at radius 3 is 2.17 bits per heavy atom. The molecule has 2 aliphatic rings. The van der Waals surface area contributed by atoms with Crippen molar-refractivity contribution in [1.82, 2.24) is 4.90 Å². The molecule has 1 aliphatic heterocycles. The van der Waals surface area contributed by atoms with Gasteiger partial charge in [0.1, 0.15) is 0 Å². The first-order valence-corrected chi connectivity index (χ1v) is 6.91. The Bertz CT molecular complexity index is 399. The van der Waals surface area contributed by atoms with Crippen molar-refractivity contribution in [3.8, 4) is 0 Å². The number of amides is 2. The molecule has 18 heavy (non-hydrogen) atoms. The molecule has 1 aliphatic carbocycles. The molecule has 0 aromatic rings. The first-order chi connectivity index (χ1) is 8.32. The molecule has 0 aromatic carbocycles. The van der Waals surface area contributed by atoms with Gasteiger partial charge in [-0.05, 0) is 32.1 Å². The number of fused-ring (bicyclic) bond motifs is 1. The van der Waals surface area contributed by atoms with E-state index in [-0.39, 0.29) is 28.6 Å². The van der Waals surface area contributed by atoms with E-state index in [4.69, 9.17) is 18.0 Å². The van der Waals surface area contributed by atoms with Gasteiger partial charge in [0.05, 0.1) is 22.4 Å². The molecule has 2 rings (SSSR count). The first kappa shape index (κ1) is 13.5. The summed E-state index contributed by atoms with van der Waals surface area (Å²) in [5, 5.41) is 0. The molecule has 0 bridgehead atoms. The molecule has 1 saturated carbocycles. The Balaban J connectivity index is 2.35. The van der Waals surface area contributed by atoms with Crippen molar-refractivity contribution in [3.63, 3.8) is 0 Å². The van der Waals surface area contributed by atoms with E-state index in [2.05, 4.69) is 6.92 Å². The molecule has 3 atom stereocenters. The Kier molecular flexibility index (Phi) is 3.21. The number of likely N-dealkylation sites (tertiary alicyclic amines) is 1. The highest BCUT2D eigenvalue weighted by Crippen LogP contribution is 2.45. The van der Waals surface area contributed by atoms with Crippen molar-refractivity contribution >= 4 is 29.0 Å². The van der Waals surface area contributed by atoms with Gasteiger partial charge < -0.3 is 5.73 Å². The van der Waals surface area contributed by atoms with Crippen molar-refractivity contribution in [3.05, 3.63) is 0 Å². The minimum Gasteiger partial charge on any atom is -0.391 e. The summed E-state index contributed by atoms with van der Waals surface area (Å²) in [5.41, 5.74) is 4.94. The smallest absolute Gasteiger partial charge is 0.233 e. The van der Waals surface area contributed by atoms with Crippen LogP contribution in [0.25, 0.3) is 0 Å². The summed E-state index contributed by atoms with van der Waals surface area (Å²) in [7, 11) is 0. The van der Waals surface area contributed by atoms with Crippen LogP contribution in [-0.2, 0) is 9.59 Å². The zero-order valence-corrected chi connectivity index (χ0v) is 11.9. The number of nitrogens with zero attached hydrogens (tertiary/aromatic N) is 1. The average Bonchev–Trinajstić information content (AvgIpc) is 2.78. The van der Waals surface area contributed by atoms with Crippen molar-refractivity contribution in [2.75, 3.05) is 0 Å². The van der Waals surface area contributed by atoms with Gasteiger partial charge in [0.15, 0.2) is 0 Å². The number of hydrogen-bond acceptors (Lipinski definition) is 3. The second-order valence-corrected chi connectivity index (χ2v) is 6.23. The molecule has 2 amide bonds. The summed E-state index contributed by atoms with van der Waals surface area (Å²) in [5.74, 6) is 0.00575. The highest BCUT2D eigenvalue weighted by atomic mass is 32.1. The van der Waals surface area contributed by atoms with Crippen LogP contribution in [0.5, 0.6) is 0 Å². The topological polar surface area (TPSA) is 63.4 Å². The number of rotatable bonds is 3. The lowest BCUT2D eigenvalue weighted by atomic mass is 9.95. The minimum absolute atomic E-state index is 0.0773. The monoisotopic (exact) mass is 268 g/mol. The van der Waals surface area contributed by atoms with Crippen molar-refractivity contribution in [2.24, 2.45) is 23.5 Å². The van der Waals surface area contributed by atoms with E-state index in [0.29, 0.717) is 12.3 Å². The molecule has 100 valence electrons. The van der Waals surface area contributed by atoms with E-state index in [1.807, 2.05) is 6.92 Å². The van der Waals surface area contributed by atoms with Gasteiger partial charge >= 0.3 is 0 Å². The summed E-state index contributed by atoms with van der Waals surface area (Å²) in [6.45, 7) is 5.78. The van der Waals surface area contributed by atoms with Crippen LogP contribution in [0.1, 0.15) is 40.0 Å². The van der Waals surface area contributed by atoms with Gasteiger partial charge in [0, 0.05) is 0 Å². The van der Waals surface area contributed by atoms with Crippen LogP contribution in [-0.4, -0.2) is 27.2 Å². The van der Waals surface area contributed by atoms with E-state index in [9.17, 15) is 9.59 Å². The summed E-state index contributed by atoms with van der Waals surface area (Å²) in [6.07, 6.45) is 2.18. The lowest BCUT2D eigenvalue weighted by molar-refractivity contribution is -0.144. The van der Waals surface area contributed by atoms with Crippen molar-refractivity contribution in [2.45, 2.75) is 45.6 Å². The van der Waals surface area contributed by atoms with Crippen molar-refractivity contribution in [1.29, 1.82) is 0 Å². The summed E-state index contributed by atoms with van der Waals surface area (Å²) in [4.78, 5) is 26.5. The second kappa shape index (κ2) is 4.30. The van der Waals surface area contributed by atoms with Crippen LogP contribution in [0.2, 0.25) is 0 Å². The number of hydrogen-bond donors (Lipinski definition) is 1. The number of imide groups is 1. The van der Waals surface area contributed by atoms with E-state index in [0.717, 1.165) is 12.8 Å². The molecule has 5 heteroatoms. The lowest BCUT2D eigenvalue weighted by Crippen LogP contribution is -2.57. The SMILES string of the molecule is CCC(C)(C(N)=S)N1C(=O)C2CC(C)CC2C1=O. The van der Waals surface area contributed by atoms with Crippen molar-refractivity contribution < 1.29 is 9.59 Å². The molecule has 0 aromatic heterocycles. The Morgan fingerprint density at radius 1 is 1.39 bits per heavy atom. The maximum absolute atomic E-state index is 12.4.